The molecule has 0 aromatic heterocycles. The van der Waals surface area contributed by atoms with E-state index in [-0.39, 0.29) is 24.4 Å². The maximum atomic E-state index is 12.6. The Bertz CT molecular complexity index is 627. The van der Waals surface area contributed by atoms with Gasteiger partial charge in [-0.3, -0.25) is 14.5 Å². The van der Waals surface area contributed by atoms with Crippen LogP contribution in [-0.2, 0) is 16.0 Å². The Kier molecular flexibility index (Phi) is 4.07. The molecule has 122 valence electrons. The highest BCUT2D eigenvalue weighted by molar-refractivity contribution is 6.08. The number of carbonyl (C=O) groups excluding carboxylic acids is 3. The number of imide groups is 1. The van der Waals surface area contributed by atoms with Gasteiger partial charge in [-0.15, -0.1) is 0 Å². The van der Waals surface area contributed by atoms with Crippen LogP contribution >= 0.6 is 0 Å². The number of nitrogens with zero attached hydrogens (tertiary/aromatic N) is 1. The molecular weight excluding hydrogens is 294 g/mol. The van der Waals surface area contributed by atoms with Crippen molar-refractivity contribution in [3.05, 3.63) is 35.9 Å². The minimum absolute atomic E-state index is 0.206. The fraction of sp³-hybridized carbons (Fsp3) is 0.471. The first kappa shape index (κ1) is 15.5. The highest BCUT2D eigenvalue weighted by atomic mass is 16.2. The van der Waals surface area contributed by atoms with E-state index in [2.05, 4.69) is 10.6 Å². The maximum Gasteiger partial charge on any atom is 0.325 e. The summed E-state index contributed by atoms with van der Waals surface area (Å²) >= 11 is 0. The van der Waals surface area contributed by atoms with E-state index in [0.717, 1.165) is 23.3 Å². The molecule has 4 amide bonds. The van der Waals surface area contributed by atoms with Crippen molar-refractivity contribution < 1.29 is 14.4 Å². The average Bonchev–Trinajstić information content (AvgIpc) is 3.31. The van der Waals surface area contributed by atoms with Crippen LogP contribution in [0.15, 0.2) is 30.3 Å². The topological polar surface area (TPSA) is 78.5 Å². The number of carbonyl (C=O) groups is 3. The molecule has 6 heteroatoms. The quantitative estimate of drug-likeness (QED) is 0.775. The SMILES string of the molecule is CC1(CCc2ccccc2)NC(=O)N(CC(=O)NC2CC2)C1=O. The molecule has 0 radical (unpaired) electrons. The number of urea groups is 1. The molecule has 0 bridgehead atoms. The van der Waals surface area contributed by atoms with Crippen molar-refractivity contribution in [1.29, 1.82) is 0 Å². The highest BCUT2D eigenvalue weighted by Gasteiger charge is 2.48. The monoisotopic (exact) mass is 315 g/mol. The lowest BCUT2D eigenvalue weighted by molar-refractivity contribution is -0.134. The third kappa shape index (κ3) is 3.52. The molecule has 1 saturated carbocycles. The molecule has 2 fully saturated rings. The number of hydrogen-bond acceptors (Lipinski definition) is 3. The van der Waals surface area contributed by atoms with E-state index in [4.69, 9.17) is 0 Å². The van der Waals surface area contributed by atoms with Crippen molar-refractivity contribution in [3.63, 3.8) is 0 Å². The molecule has 2 N–H and O–H groups in total. The van der Waals surface area contributed by atoms with E-state index < -0.39 is 11.6 Å². The highest BCUT2D eigenvalue weighted by Crippen LogP contribution is 2.23. The van der Waals surface area contributed by atoms with Crippen molar-refractivity contribution >= 4 is 17.8 Å². The largest absolute Gasteiger partial charge is 0.352 e. The zero-order valence-electron chi connectivity index (χ0n) is 13.2. The van der Waals surface area contributed by atoms with Gasteiger partial charge >= 0.3 is 6.03 Å². The summed E-state index contributed by atoms with van der Waals surface area (Å²) in [5, 5.41) is 5.53. The lowest BCUT2D eigenvalue weighted by Gasteiger charge is -2.21. The Morgan fingerprint density at radius 2 is 2.00 bits per heavy atom. The van der Waals surface area contributed by atoms with Gasteiger partial charge in [-0.25, -0.2) is 4.79 Å². The average molecular weight is 315 g/mol. The van der Waals surface area contributed by atoms with E-state index in [1.807, 2.05) is 30.3 Å². The summed E-state index contributed by atoms with van der Waals surface area (Å²) in [7, 11) is 0. The smallest absolute Gasteiger partial charge is 0.325 e. The Morgan fingerprint density at radius 1 is 1.30 bits per heavy atom. The first-order valence-corrected chi connectivity index (χ1v) is 7.95. The van der Waals surface area contributed by atoms with Gasteiger partial charge in [0.2, 0.25) is 5.91 Å². The Labute approximate surface area is 135 Å². The van der Waals surface area contributed by atoms with Gasteiger partial charge < -0.3 is 10.6 Å². The number of benzene rings is 1. The number of hydrogen-bond donors (Lipinski definition) is 2. The first-order chi connectivity index (χ1) is 11.0. The standard InChI is InChI=1S/C17H21N3O3/c1-17(10-9-12-5-3-2-4-6-12)15(22)20(16(23)19-17)11-14(21)18-13-7-8-13/h2-6,13H,7-11H2,1H3,(H,18,21)(H,19,23). The molecule has 1 heterocycles. The van der Waals surface area contributed by atoms with E-state index in [1.165, 1.54) is 0 Å². The number of nitrogens with one attached hydrogen (secondary N) is 2. The fourth-order valence-corrected chi connectivity index (χ4v) is 2.74. The zero-order valence-corrected chi connectivity index (χ0v) is 13.2. The van der Waals surface area contributed by atoms with Gasteiger partial charge in [0.05, 0.1) is 0 Å². The van der Waals surface area contributed by atoms with Crippen LogP contribution < -0.4 is 10.6 Å². The van der Waals surface area contributed by atoms with Crippen molar-refractivity contribution in [2.75, 3.05) is 6.54 Å². The predicted molar refractivity (Wildman–Crippen MR) is 84.6 cm³/mol. The summed E-state index contributed by atoms with van der Waals surface area (Å²) in [5.41, 5.74) is 0.160. The Hall–Kier alpha value is -2.37. The molecule has 1 atom stereocenters. The van der Waals surface area contributed by atoms with Gasteiger partial charge in [0.15, 0.2) is 0 Å². The first-order valence-electron chi connectivity index (χ1n) is 7.95. The molecule has 1 aromatic carbocycles. The number of aryl methyl sites for hydroxylation is 1. The van der Waals surface area contributed by atoms with Crippen molar-refractivity contribution in [3.8, 4) is 0 Å². The molecule has 3 rings (SSSR count). The molecule has 23 heavy (non-hydrogen) atoms. The van der Waals surface area contributed by atoms with Gasteiger partial charge in [-0.1, -0.05) is 30.3 Å². The van der Waals surface area contributed by atoms with Crippen LogP contribution in [0.2, 0.25) is 0 Å². The molecule has 1 saturated heterocycles. The molecule has 0 spiro atoms. The van der Waals surface area contributed by atoms with E-state index in [1.54, 1.807) is 6.92 Å². The number of amides is 4. The van der Waals surface area contributed by atoms with E-state index in [9.17, 15) is 14.4 Å². The van der Waals surface area contributed by atoms with Crippen LogP contribution in [0.3, 0.4) is 0 Å². The van der Waals surface area contributed by atoms with Crippen molar-refractivity contribution in [2.45, 2.75) is 44.2 Å². The van der Waals surface area contributed by atoms with Crippen LogP contribution in [-0.4, -0.2) is 40.9 Å². The fourth-order valence-electron chi connectivity index (χ4n) is 2.74. The van der Waals surface area contributed by atoms with Gasteiger partial charge in [0, 0.05) is 6.04 Å². The summed E-state index contributed by atoms with van der Waals surface area (Å²) < 4.78 is 0. The Morgan fingerprint density at radius 3 is 2.65 bits per heavy atom. The molecule has 1 aliphatic heterocycles. The van der Waals surface area contributed by atoms with Gasteiger partial charge in [0.25, 0.3) is 5.91 Å². The third-order valence-corrected chi connectivity index (χ3v) is 4.35. The van der Waals surface area contributed by atoms with Gasteiger partial charge in [-0.05, 0) is 38.2 Å². The molecule has 1 aliphatic carbocycles. The van der Waals surface area contributed by atoms with E-state index in [0.29, 0.717) is 12.8 Å². The van der Waals surface area contributed by atoms with Gasteiger partial charge in [-0.2, -0.15) is 0 Å². The second-order valence-corrected chi connectivity index (χ2v) is 6.48. The Balaban J connectivity index is 1.60. The van der Waals surface area contributed by atoms with E-state index >= 15 is 0 Å². The summed E-state index contributed by atoms with van der Waals surface area (Å²) in [4.78, 5) is 37.5. The van der Waals surface area contributed by atoms with Gasteiger partial charge in [0.1, 0.15) is 12.1 Å². The second kappa shape index (κ2) is 6.02. The summed E-state index contributed by atoms with van der Waals surface area (Å²) in [6.45, 7) is 1.51. The van der Waals surface area contributed by atoms with Crippen molar-refractivity contribution in [1.82, 2.24) is 15.5 Å². The molecular formula is C17H21N3O3. The summed E-state index contributed by atoms with van der Waals surface area (Å²) in [6.07, 6.45) is 3.13. The molecule has 1 aromatic rings. The third-order valence-electron chi connectivity index (χ3n) is 4.35. The summed E-state index contributed by atoms with van der Waals surface area (Å²) in [5.74, 6) is -0.604. The van der Waals surface area contributed by atoms with Crippen molar-refractivity contribution in [2.24, 2.45) is 0 Å². The lowest BCUT2D eigenvalue weighted by Crippen LogP contribution is -2.45. The minimum Gasteiger partial charge on any atom is -0.352 e. The van der Waals surface area contributed by atoms with Crippen LogP contribution in [0.4, 0.5) is 4.79 Å². The molecule has 6 nitrogen and oxygen atoms in total. The number of rotatable bonds is 6. The second-order valence-electron chi connectivity index (χ2n) is 6.48. The van der Waals surface area contributed by atoms with Crippen LogP contribution in [0.25, 0.3) is 0 Å². The van der Waals surface area contributed by atoms with Crippen LogP contribution in [0.5, 0.6) is 0 Å². The summed E-state index contributed by atoms with van der Waals surface area (Å²) in [6, 6.07) is 9.54. The minimum atomic E-state index is -0.952. The lowest BCUT2D eigenvalue weighted by atomic mass is 9.93. The normalized spacial score (nSPS) is 23.8. The molecule has 2 aliphatic rings. The molecule has 1 unspecified atom stereocenters. The van der Waals surface area contributed by atoms with Crippen LogP contribution in [0.1, 0.15) is 31.7 Å². The zero-order chi connectivity index (χ0) is 16.4. The van der Waals surface area contributed by atoms with Crippen LogP contribution in [0, 0.1) is 0 Å². The maximum absolute atomic E-state index is 12.6. The predicted octanol–water partition coefficient (Wildman–Crippen LogP) is 1.21.